The second-order valence-electron chi connectivity index (χ2n) is 3.93. The molecule has 1 fully saturated rings. The first kappa shape index (κ1) is 14.6. The predicted molar refractivity (Wildman–Crippen MR) is 73.2 cm³/mol. The van der Waals surface area contributed by atoms with E-state index in [-0.39, 0.29) is 12.1 Å². The highest BCUT2D eigenvalue weighted by Gasteiger charge is 2.19. The number of thiol groups is 1. The molecule has 0 unspecified atom stereocenters. The van der Waals surface area contributed by atoms with Crippen LogP contribution in [0.25, 0.3) is 0 Å². The first-order valence-electron chi connectivity index (χ1n) is 5.75. The molecule has 0 radical (unpaired) electrons. The molecule has 0 N–H and O–H groups in total. The van der Waals surface area contributed by atoms with Crippen LogP contribution in [0.4, 0.5) is 0 Å². The molecular formula is C13H17NO3S. The maximum absolute atomic E-state index is 11.0. The van der Waals surface area contributed by atoms with Gasteiger partial charge in [0, 0.05) is 36.9 Å². The maximum atomic E-state index is 11.0. The highest BCUT2D eigenvalue weighted by atomic mass is 32.1. The predicted octanol–water partition coefficient (Wildman–Crippen LogP) is 1.71. The van der Waals surface area contributed by atoms with Crippen molar-refractivity contribution in [3.8, 4) is 0 Å². The van der Waals surface area contributed by atoms with Crippen molar-refractivity contribution in [2.75, 3.05) is 13.1 Å². The number of carbonyl (C=O) groups is 2. The third-order valence-electron chi connectivity index (χ3n) is 2.61. The summed E-state index contributed by atoms with van der Waals surface area (Å²) in [5.41, 5.74) is 0. The number of allylic oxidation sites excluding steroid dienone is 3. The smallest absolute Gasteiger partial charge is 0.330 e. The monoisotopic (exact) mass is 267 g/mol. The molecule has 0 spiro atoms. The Bertz CT molecular complexity index is 368. The Labute approximate surface area is 112 Å². The van der Waals surface area contributed by atoms with Gasteiger partial charge in [0.25, 0.3) is 0 Å². The van der Waals surface area contributed by atoms with Crippen LogP contribution in [-0.4, -0.2) is 36.3 Å². The molecule has 0 aromatic carbocycles. The van der Waals surface area contributed by atoms with Crippen molar-refractivity contribution >= 4 is 24.9 Å². The summed E-state index contributed by atoms with van der Waals surface area (Å²) in [4.78, 5) is 23.8. The van der Waals surface area contributed by atoms with Crippen molar-refractivity contribution in [3.05, 3.63) is 35.9 Å². The molecule has 1 heterocycles. The number of likely N-dealkylation sites (tertiary alicyclic amines) is 1. The normalized spacial score (nSPS) is 17.8. The van der Waals surface area contributed by atoms with E-state index in [4.69, 9.17) is 4.74 Å². The second kappa shape index (κ2) is 7.76. The van der Waals surface area contributed by atoms with Gasteiger partial charge in [-0.15, -0.1) is 12.6 Å². The van der Waals surface area contributed by atoms with Crippen molar-refractivity contribution < 1.29 is 14.3 Å². The fourth-order valence-corrected chi connectivity index (χ4v) is 1.74. The molecule has 0 atom stereocenters. The SMILES string of the molecule is C=CC(=O)OC1CCN(/C=C/C=C(/S)C=O)CC1. The Balaban J connectivity index is 2.33. The highest BCUT2D eigenvalue weighted by Crippen LogP contribution is 2.14. The van der Waals surface area contributed by atoms with Crippen LogP contribution in [-0.2, 0) is 14.3 Å². The minimum Gasteiger partial charge on any atom is -0.459 e. The van der Waals surface area contributed by atoms with Gasteiger partial charge in [0.1, 0.15) is 6.10 Å². The van der Waals surface area contributed by atoms with Crippen LogP contribution in [0.1, 0.15) is 12.8 Å². The Morgan fingerprint density at radius 1 is 1.39 bits per heavy atom. The summed E-state index contributed by atoms with van der Waals surface area (Å²) >= 11 is 3.95. The molecule has 0 aliphatic carbocycles. The molecule has 18 heavy (non-hydrogen) atoms. The fourth-order valence-electron chi connectivity index (χ4n) is 1.66. The quantitative estimate of drug-likeness (QED) is 0.271. The van der Waals surface area contributed by atoms with E-state index in [0.29, 0.717) is 11.2 Å². The third-order valence-corrected chi connectivity index (χ3v) is 2.87. The van der Waals surface area contributed by atoms with E-state index in [2.05, 4.69) is 24.1 Å². The Hall–Kier alpha value is -1.49. The molecule has 1 saturated heterocycles. The van der Waals surface area contributed by atoms with Crippen LogP contribution in [0.2, 0.25) is 0 Å². The van der Waals surface area contributed by atoms with Crippen molar-refractivity contribution in [1.82, 2.24) is 4.90 Å². The first-order valence-corrected chi connectivity index (χ1v) is 6.20. The molecule has 4 nitrogen and oxygen atoms in total. The van der Waals surface area contributed by atoms with E-state index in [1.807, 2.05) is 6.20 Å². The molecule has 0 amide bonds. The molecule has 5 heteroatoms. The van der Waals surface area contributed by atoms with E-state index >= 15 is 0 Å². The van der Waals surface area contributed by atoms with Gasteiger partial charge in [-0.2, -0.15) is 0 Å². The van der Waals surface area contributed by atoms with Gasteiger partial charge in [-0.25, -0.2) is 4.79 Å². The average molecular weight is 267 g/mol. The summed E-state index contributed by atoms with van der Waals surface area (Å²) in [5, 5.41) is 0. The number of esters is 1. The fraction of sp³-hybridized carbons (Fsp3) is 0.385. The summed E-state index contributed by atoms with van der Waals surface area (Å²) in [6, 6.07) is 0. The minimum absolute atomic E-state index is 0.0221. The van der Waals surface area contributed by atoms with Crippen molar-refractivity contribution in [2.45, 2.75) is 18.9 Å². The average Bonchev–Trinajstić information content (AvgIpc) is 2.40. The lowest BCUT2D eigenvalue weighted by molar-refractivity contribution is -0.144. The zero-order chi connectivity index (χ0) is 13.4. The lowest BCUT2D eigenvalue weighted by atomic mass is 10.1. The van der Waals surface area contributed by atoms with Gasteiger partial charge in [0.05, 0.1) is 0 Å². The van der Waals surface area contributed by atoms with Crippen LogP contribution in [0.15, 0.2) is 35.9 Å². The van der Waals surface area contributed by atoms with Crippen molar-refractivity contribution in [1.29, 1.82) is 0 Å². The molecule has 1 rings (SSSR count). The van der Waals surface area contributed by atoms with Gasteiger partial charge < -0.3 is 9.64 Å². The Morgan fingerprint density at radius 2 is 2.06 bits per heavy atom. The number of aldehydes is 1. The Kier molecular flexibility index (Phi) is 6.28. The highest BCUT2D eigenvalue weighted by molar-refractivity contribution is 7.85. The number of hydrogen-bond donors (Lipinski definition) is 1. The lowest BCUT2D eigenvalue weighted by Gasteiger charge is -2.30. The van der Waals surface area contributed by atoms with Crippen LogP contribution >= 0.6 is 12.6 Å². The van der Waals surface area contributed by atoms with Crippen molar-refractivity contribution in [2.24, 2.45) is 0 Å². The number of piperidine rings is 1. The van der Waals surface area contributed by atoms with Crippen LogP contribution in [0.5, 0.6) is 0 Å². The molecule has 98 valence electrons. The number of rotatable bonds is 5. The number of carbonyl (C=O) groups excluding carboxylic acids is 2. The summed E-state index contributed by atoms with van der Waals surface area (Å²) in [6.45, 7) is 5.01. The van der Waals surface area contributed by atoms with Gasteiger partial charge in [0.15, 0.2) is 6.29 Å². The summed E-state index contributed by atoms with van der Waals surface area (Å²) in [6.07, 6.45) is 8.78. The molecule has 0 aromatic heterocycles. The lowest BCUT2D eigenvalue weighted by Crippen LogP contribution is -2.34. The van der Waals surface area contributed by atoms with Gasteiger partial charge in [-0.1, -0.05) is 6.58 Å². The van der Waals surface area contributed by atoms with Crippen LogP contribution in [0, 0.1) is 0 Å². The van der Waals surface area contributed by atoms with Gasteiger partial charge in [-0.05, 0) is 18.4 Å². The van der Waals surface area contributed by atoms with Crippen molar-refractivity contribution in [3.63, 3.8) is 0 Å². The summed E-state index contributed by atoms with van der Waals surface area (Å²) < 4.78 is 5.17. The standard InChI is InChI=1S/C13H17NO3S/c1-2-13(16)17-11-5-8-14(9-6-11)7-3-4-12(18)10-15/h2-4,7,10-11,18H,1,5-6,8-9H2/b7-3+,12-4+. The second-order valence-corrected chi connectivity index (χ2v) is 4.44. The summed E-state index contributed by atoms with van der Waals surface area (Å²) in [5.74, 6) is -0.363. The maximum Gasteiger partial charge on any atom is 0.330 e. The van der Waals surface area contributed by atoms with Crippen LogP contribution < -0.4 is 0 Å². The van der Waals surface area contributed by atoms with Crippen LogP contribution in [0.3, 0.4) is 0 Å². The van der Waals surface area contributed by atoms with E-state index < -0.39 is 0 Å². The molecule has 1 aliphatic rings. The molecular weight excluding hydrogens is 250 g/mol. The number of nitrogens with zero attached hydrogens (tertiary/aromatic N) is 1. The zero-order valence-electron chi connectivity index (χ0n) is 10.1. The molecule has 1 aliphatic heterocycles. The molecule has 0 bridgehead atoms. The topological polar surface area (TPSA) is 46.6 Å². The largest absolute Gasteiger partial charge is 0.459 e. The van der Waals surface area contributed by atoms with E-state index in [1.54, 1.807) is 12.2 Å². The zero-order valence-corrected chi connectivity index (χ0v) is 11.0. The van der Waals surface area contributed by atoms with Gasteiger partial charge in [-0.3, -0.25) is 4.79 Å². The molecule has 0 aromatic rings. The Morgan fingerprint density at radius 3 is 2.61 bits per heavy atom. The van der Waals surface area contributed by atoms with Gasteiger partial charge in [0.2, 0.25) is 0 Å². The summed E-state index contributed by atoms with van der Waals surface area (Å²) in [7, 11) is 0. The number of hydrogen-bond acceptors (Lipinski definition) is 5. The van der Waals surface area contributed by atoms with Gasteiger partial charge >= 0.3 is 5.97 Å². The number of ether oxygens (including phenoxy) is 1. The first-order chi connectivity index (χ1) is 8.65. The molecule has 0 saturated carbocycles. The third kappa shape index (κ3) is 5.23. The van der Waals surface area contributed by atoms with E-state index in [1.165, 1.54) is 6.08 Å². The van der Waals surface area contributed by atoms with E-state index in [0.717, 1.165) is 25.9 Å². The van der Waals surface area contributed by atoms with E-state index in [9.17, 15) is 9.59 Å². The minimum atomic E-state index is -0.363.